The van der Waals surface area contributed by atoms with E-state index in [-0.39, 0.29) is 12.2 Å². The maximum Gasteiger partial charge on any atom is 0.266 e. The van der Waals surface area contributed by atoms with Gasteiger partial charge in [-0.3, -0.25) is 4.79 Å². The molecule has 0 aliphatic carbocycles. The molecule has 0 unspecified atom stereocenters. The first-order valence-corrected chi connectivity index (χ1v) is 11.0. The zero-order valence-electron chi connectivity index (χ0n) is 18.2. The van der Waals surface area contributed by atoms with Crippen LogP contribution in [0.5, 0.6) is 11.5 Å². The topological polar surface area (TPSA) is 71.3 Å². The highest BCUT2D eigenvalue weighted by Crippen LogP contribution is 2.32. The maximum absolute atomic E-state index is 12.6. The number of amides is 1. The van der Waals surface area contributed by atoms with Crippen LogP contribution < -0.4 is 14.8 Å². The van der Waals surface area contributed by atoms with E-state index in [0.717, 1.165) is 5.56 Å². The Morgan fingerprint density at radius 3 is 2.42 bits per heavy atom. The lowest BCUT2D eigenvalue weighted by Gasteiger charge is -2.14. The Kier molecular flexibility index (Phi) is 8.37. The van der Waals surface area contributed by atoms with Gasteiger partial charge < -0.3 is 14.8 Å². The predicted octanol–water partition coefficient (Wildman–Crippen LogP) is 6.83. The van der Waals surface area contributed by atoms with E-state index >= 15 is 0 Å². The largest absolute Gasteiger partial charge is 0.490 e. The number of ether oxygens (including phenoxy) is 2. The highest BCUT2D eigenvalue weighted by Gasteiger charge is 2.13. The normalized spacial score (nSPS) is 10.9. The molecule has 0 saturated carbocycles. The fourth-order valence-electron chi connectivity index (χ4n) is 3.06. The monoisotopic (exact) mass is 480 g/mol. The molecule has 3 aromatic carbocycles. The minimum absolute atomic E-state index is 0.0320. The summed E-state index contributed by atoms with van der Waals surface area (Å²) in [6, 6.07) is 19.7. The lowest BCUT2D eigenvalue weighted by molar-refractivity contribution is -0.112. The smallest absolute Gasteiger partial charge is 0.266 e. The summed E-state index contributed by atoms with van der Waals surface area (Å²) >= 11 is 12.4. The number of carbonyl (C=O) groups excluding carboxylic acids is 1. The quantitative estimate of drug-likeness (QED) is 0.283. The molecule has 0 bridgehead atoms. The summed E-state index contributed by atoms with van der Waals surface area (Å²) in [5.74, 6) is 0.480. The molecule has 0 aliphatic rings. The number of aryl methyl sites for hydroxylation is 1. The highest BCUT2D eigenvalue weighted by atomic mass is 35.5. The average Bonchev–Trinajstić information content (AvgIpc) is 2.78. The van der Waals surface area contributed by atoms with Gasteiger partial charge in [0.1, 0.15) is 18.2 Å². The predicted molar refractivity (Wildman–Crippen MR) is 132 cm³/mol. The van der Waals surface area contributed by atoms with Crippen molar-refractivity contribution in [3.63, 3.8) is 0 Å². The van der Waals surface area contributed by atoms with Crippen molar-refractivity contribution in [1.82, 2.24) is 0 Å². The highest BCUT2D eigenvalue weighted by molar-refractivity contribution is 6.35. The number of nitrogens with one attached hydrogen (secondary N) is 1. The Bertz CT molecular complexity index is 1210. The fourth-order valence-corrected chi connectivity index (χ4v) is 3.57. The van der Waals surface area contributed by atoms with Crippen LogP contribution in [-0.2, 0) is 11.4 Å². The second-order valence-electron chi connectivity index (χ2n) is 7.12. The van der Waals surface area contributed by atoms with Gasteiger partial charge in [-0.05, 0) is 67.4 Å². The number of benzene rings is 3. The maximum atomic E-state index is 12.6. The minimum Gasteiger partial charge on any atom is -0.490 e. The van der Waals surface area contributed by atoms with Gasteiger partial charge in [0, 0.05) is 21.3 Å². The molecule has 0 heterocycles. The number of carbonyl (C=O) groups is 1. The molecule has 0 aromatic heterocycles. The molecule has 0 saturated heterocycles. The summed E-state index contributed by atoms with van der Waals surface area (Å²) in [4.78, 5) is 12.6. The first-order valence-electron chi connectivity index (χ1n) is 10.2. The van der Waals surface area contributed by atoms with Crippen LogP contribution in [0.25, 0.3) is 6.08 Å². The third-order valence-electron chi connectivity index (χ3n) is 4.65. The Labute approximate surface area is 203 Å². The zero-order valence-corrected chi connectivity index (χ0v) is 19.7. The molecule has 0 atom stereocenters. The van der Waals surface area contributed by atoms with Crippen LogP contribution in [-0.4, -0.2) is 12.5 Å². The SMILES string of the molecule is CCOc1cc(/C=C(/C#N)C(=O)Nc2cccc(C)c2)ccc1OCc1c(Cl)cccc1Cl. The van der Waals surface area contributed by atoms with Crippen molar-refractivity contribution in [1.29, 1.82) is 5.26 Å². The molecular weight excluding hydrogens is 459 g/mol. The first kappa shape index (κ1) is 24.2. The second kappa shape index (κ2) is 11.4. The molecule has 0 radical (unpaired) electrons. The average molecular weight is 481 g/mol. The third-order valence-corrected chi connectivity index (χ3v) is 5.36. The number of halogens is 2. The minimum atomic E-state index is -0.491. The molecule has 1 N–H and O–H groups in total. The van der Waals surface area contributed by atoms with Crippen LogP contribution in [0.2, 0.25) is 10.0 Å². The van der Waals surface area contributed by atoms with Gasteiger partial charge in [0.15, 0.2) is 11.5 Å². The van der Waals surface area contributed by atoms with Crippen molar-refractivity contribution in [3.8, 4) is 17.6 Å². The van der Waals surface area contributed by atoms with Crippen molar-refractivity contribution >= 4 is 40.9 Å². The van der Waals surface area contributed by atoms with E-state index < -0.39 is 5.91 Å². The first-order chi connectivity index (χ1) is 15.9. The van der Waals surface area contributed by atoms with Gasteiger partial charge in [-0.15, -0.1) is 0 Å². The van der Waals surface area contributed by atoms with E-state index in [2.05, 4.69) is 5.32 Å². The van der Waals surface area contributed by atoms with Crippen molar-refractivity contribution in [2.45, 2.75) is 20.5 Å². The summed E-state index contributed by atoms with van der Waals surface area (Å²) in [6.07, 6.45) is 1.50. The van der Waals surface area contributed by atoms with E-state index in [0.29, 0.717) is 45.0 Å². The second-order valence-corrected chi connectivity index (χ2v) is 7.94. The van der Waals surface area contributed by atoms with Gasteiger partial charge in [-0.25, -0.2) is 0 Å². The van der Waals surface area contributed by atoms with Crippen molar-refractivity contribution in [3.05, 3.63) is 93.0 Å². The van der Waals surface area contributed by atoms with Crippen LogP contribution in [0.4, 0.5) is 5.69 Å². The van der Waals surface area contributed by atoms with Crippen LogP contribution in [0.3, 0.4) is 0 Å². The van der Waals surface area contributed by atoms with Crippen molar-refractivity contribution in [2.24, 2.45) is 0 Å². The standard InChI is InChI=1S/C26H22Cl2N2O3/c1-3-32-25-14-18(10-11-24(25)33-16-21-22(27)8-5-9-23(21)28)13-19(15-29)26(31)30-20-7-4-6-17(2)12-20/h4-14H,3,16H2,1-2H3,(H,30,31)/b19-13-. The molecular formula is C26H22Cl2N2O3. The molecule has 33 heavy (non-hydrogen) atoms. The molecule has 0 spiro atoms. The molecule has 5 nitrogen and oxygen atoms in total. The van der Waals surface area contributed by atoms with Crippen LogP contribution >= 0.6 is 23.2 Å². The van der Waals surface area contributed by atoms with Crippen molar-refractivity contribution in [2.75, 3.05) is 11.9 Å². The molecule has 0 fully saturated rings. The van der Waals surface area contributed by atoms with E-state index in [1.807, 2.05) is 38.1 Å². The third kappa shape index (κ3) is 6.52. The van der Waals surface area contributed by atoms with E-state index in [4.69, 9.17) is 32.7 Å². The number of nitriles is 1. The molecule has 0 aliphatic heterocycles. The van der Waals surface area contributed by atoms with Crippen LogP contribution in [0.15, 0.2) is 66.2 Å². The van der Waals surface area contributed by atoms with Crippen LogP contribution in [0, 0.1) is 18.3 Å². The van der Waals surface area contributed by atoms with Gasteiger partial charge >= 0.3 is 0 Å². The van der Waals surface area contributed by atoms with E-state index in [9.17, 15) is 10.1 Å². The Balaban J connectivity index is 1.81. The summed E-state index contributed by atoms with van der Waals surface area (Å²) < 4.78 is 11.6. The van der Waals surface area contributed by atoms with Crippen molar-refractivity contribution < 1.29 is 14.3 Å². The van der Waals surface area contributed by atoms with Gasteiger partial charge in [-0.1, -0.05) is 47.5 Å². The van der Waals surface area contributed by atoms with Gasteiger partial charge in [-0.2, -0.15) is 5.26 Å². The number of hydrogen-bond acceptors (Lipinski definition) is 4. The Hall–Kier alpha value is -3.46. The Morgan fingerprint density at radius 2 is 1.76 bits per heavy atom. The zero-order chi connectivity index (χ0) is 23.8. The van der Waals surface area contributed by atoms with Gasteiger partial charge in [0.05, 0.1) is 6.61 Å². The molecule has 7 heteroatoms. The summed E-state index contributed by atoms with van der Waals surface area (Å²) in [7, 11) is 0. The number of anilines is 1. The van der Waals surface area contributed by atoms with Crippen LogP contribution in [0.1, 0.15) is 23.6 Å². The number of hydrogen-bond donors (Lipinski definition) is 1. The summed E-state index contributed by atoms with van der Waals surface area (Å²) in [6.45, 7) is 4.36. The van der Waals surface area contributed by atoms with Gasteiger partial charge in [0.2, 0.25) is 0 Å². The summed E-state index contributed by atoms with van der Waals surface area (Å²) in [5.41, 5.74) is 2.89. The molecule has 1 amide bonds. The molecule has 3 rings (SSSR count). The van der Waals surface area contributed by atoms with Gasteiger partial charge in [0.25, 0.3) is 5.91 Å². The summed E-state index contributed by atoms with van der Waals surface area (Å²) in [5, 5.41) is 13.3. The number of rotatable bonds is 8. The Morgan fingerprint density at radius 1 is 1.03 bits per heavy atom. The van der Waals surface area contributed by atoms with E-state index in [1.54, 1.807) is 42.5 Å². The number of nitrogens with zero attached hydrogens (tertiary/aromatic N) is 1. The van der Waals surface area contributed by atoms with E-state index in [1.165, 1.54) is 6.08 Å². The lowest BCUT2D eigenvalue weighted by Crippen LogP contribution is -2.13. The molecule has 168 valence electrons. The lowest BCUT2D eigenvalue weighted by atomic mass is 10.1. The molecule has 3 aromatic rings. The fraction of sp³-hybridized carbons (Fsp3) is 0.154.